The summed E-state index contributed by atoms with van der Waals surface area (Å²) in [5, 5.41) is 0.656. The molecule has 0 saturated heterocycles. The quantitative estimate of drug-likeness (QED) is 0.553. The number of carbonyl (C=O) groups is 1. The van der Waals surface area contributed by atoms with Crippen molar-refractivity contribution in [3.63, 3.8) is 0 Å². The topological polar surface area (TPSA) is 64.7 Å². The van der Waals surface area contributed by atoms with Gasteiger partial charge in [0.1, 0.15) is 21.9 Å². The normalized spacial score (nSPS) is 13.2. The molecule has 2 radical (unpaired) electrons. The average Bonchev–Trinajstić information content (AvgIpc) is 2.03. The van der Waals surface area contributed by atoms with E-state index in [1.807, 2.05) is 0 Å². The highest BCUT2D eigenvalue weighted by Gasteiger charge is 2.14. The Bertz CT molecular complexity index is 254. The minimum atomic E-state index is -0.602. The lowest BCUT2D eigenvalue weighted by Gasteiger charge is -2.17. The Balaban J connectivity index is 4.19. The van der Waals surface area contributed by atoms with Gasteiger partial charge in [-0.15, -0.1) is 0 Å². The monoisotopic (exact) mass is 210 g/mol. The summed E-state index contributed by atoms with van der Waals surface area (Å²) in [6, 6.07) is 0. The van der Waals surface area contributed by atoms with Crippen molar-refractivity contribution in [1.82, 2.24) is 0 Å². The third kappa shape index (κ3) is 6.70. The van der Waals surface area contributed by atoms with Crippen molar-refractivity contribution >= 4 is 28.6 Å². The Morgan fingerprint density at radius 3 is 2.50 bits per heavy atom. The first kappa shape index (κ1) is 13.2. The first-order valence-corrected chi connectivity index (χ1v) is 5.08. The largest absolute Gasteiger partial charge is 0.442 e. The standard InChI is InChI=1S/C9H15N2O2.Al/c1-7(5-10)6-11-8(12)13-9(2,3)4;/h5-6H,1,10H2,2-4H3;/b7-5-,11-6+;. The minimum absolute atomic E-state index is 0.512. The van der Waals surface area contributed by atoms with Crippen molar-refractivity contribution in [2.24, 2.45) is 10.7 Å². The molecular weight excluding hydrogens is 195 g/mol. The van der Waals surface area contributed by atoms with Crippen molar-refractivity contribution in [2.45, 2.75) is 31.7 Å². The summed E-state index contributed by atoms with van der Waals surface area (Å²) in [7, 11) is 0. The van der Waals surface area contributed by atoms with Crippen LogP contribution in [0.5, 0.6) is 0 Å². The number of hydrogen-bond acceptors (Lipinski definition) is 3. The molecule has 0 aliphatic carbocycles. The van der Waals surface area contributed by atoms with Crippen LogP contribution in [0, 0.1) is 0 Å². The molecule has 0 aromatic rings. The molecule has 0 aromatic carbocycles. The summed E-state index contributed by atoms with van der Waals surface area (Å²) in [4.78, 5) is 14.7. The zero-order valence-electron chi connectivity index (χ0n) is 8.78. The van der Waals surface area contributed by atoms with E-state index in [4.69, 9.17) is 10.5 Å². The number of aliphatic imine (C=N–C) groups is 1. The second kappa shape index (κ2) is 5.84. The number of rotatable bonds is 2. The van der Waals surface area contributed by atoms with Crippen LogP contribution >= 0.6 is 0 Å². The maximum absolute atomic E-state index is 11.1. The van der Waals surface area contributed by atoms with Crippen LogP contribution in [0.4, 0.5) is 4.79 Å². The number of carbonyl (C=O) groups excluding carboxylic acids is 1. The van der Waals surface area contributed by atoms with Crippen molar-refractivity contribution in [2.75, 3.05) is 0 Å². The van der Waals surface area contributed by atoms with Crippen molar-refractivity contribution in [3.8, 4) is 0 Å². The van der Waals surface area contributed by atoms with Gasteiger partial charge in [-0.1, -0.05) is 5.28 Å². The number of hydrogen-bond donors (Lipinski definition) is 1. The summed E-state index contributed by atoms with van der Waals surface area (Å²) < 4.78 is 4.97. The smallest absolute Gasteiger partial charge is 0.434 e. The fraction of sp³-hybridized carbons (Fsp3) is 0.556. The average molecular weight is 210 g/mol. The lowest BCUT2D eigenvalue weighted by atomic mass is 10.2. The molecule has 14 heavy (non-hydrogen) atoms. The van der Waals surface area contributed by atoms with Crippen LogP contribution in [0.3, 0.4) is 0 Å². The van der Waals surface area contributed by atoms with E-state index in [-0.39, 0.29) is 0 Å². The number of amides is 1. The maximum Gasteiger partial charge on any atom is 0.434 e. The molecule has 0 aliphatic rings. The molecule has 1 amide bonds. The third-order valence-corrected chi connectivity index (χ3v) is 1.65. The van der Waals surface area contributed by atoms with Crippen molar-refractivity contribution in [1.29, 1.82) is 0 Å². The van der Waals surface area contributed by atoms with Gasteiger partial charge in [0.25, 0.3) is 0 Å². The Kier molecular flexibility index (Phi) is 5.51. The molecule has 76 valence electrons. The summed E-state index contributed by atoms with van der Waals surface area (Å²) in [5.41, 5.74) is 5.53. The lowest BCUT2D eigenvalue weighted by molar-refractivity contribution is 0.0605. The molecule has 4 nitrogen and oxygen atoms in total. The first-order chi connectivity index (χ1) is 6.39. The third-order valence-electron chi connectivity index (χ3n) is 1.18. The van der Waals surface area contributed by atoms with Crippen LogP contribution in [0.1, 0.15) is 20.8 Å². The number of ether oxygens (including phenoxy) is 1. The van der Waals surface area contributed by atoms with E-state index in [1.54, 1.807) is 20.8 Å². The fourth-order valence-electron chi connectivity index (χ4n) is 0.588. The molecule has 0 heterocycles. The zero-order chi connectivity index (χ0) is 11.2. The highest BCUT2D eigenvalue weighted by atomic mass is 27.0. The Morgan fingerprint density at radius 2 is 2.14 bits per heavy atom. The molecule has 5 heteroatoms. The molecule has 2 N–H and O–H groups in total. The van der Waals surface area contributed by atoms with Gasteiger partial charge in [-0.2, -0.15) is 4.99 Å². The van der Waals surface area contributed by atoms with E-state index in [1.165, 1.54) is 12.4 Å². The van der Waals surface area contributed by atoms with Gasteiger partial charge in [0.05, 0.1) is 0 Å². The molecule has 0 atom stereocenters. The van der Waals surface area contributed by atoms with E-state index in [0.29, 0.717) is 5.28 Å². The van der Waals surface area contributed by atoms with Gasteiger partial charge in [-0.25, -0.2) is 4.79 Å². The van der Waals surface area contributed by atoms with Crippen LogP contribution < -0.4 is 5.73 Å². The maximum atomic E-state index is 11.1. The lowest BCUT2D eigenvalue weighted by Crippen LogP contribution is -2.21. The van der Waals surface area contributed by atoms with Crippen LogP contribution in [-0.2, 0) is 4.74 Å². The highest BCUT2D eigenvalue weighted by molar-refractivity contribution is 6.13. The Hall–Kier alpha value is -0.788. The van der Waals surface area contributed by atoms with Crippen LogP contribution in [0.15, 0.2) is 16.8 Å². The van der Waals surface area contributed by atoms with E-state index >= 15 is 0 Å². The number of allylic oxidation sites excluding steroid dienone is 1. The summed E-state index contributed by atoms with van der Waals surface area (Å²) in [6.07, 6.45) is 2.21. The summed E-state index contributed by atoms with van der Waals surface area (Å²) in [5.74, 6) is 0. The number of nitrogens with zero attached hydrogens (tertiary/aromatic N) is 1. The molecule has 0 unspecified atom stereocenters. The first-order valence-electron chi connectivity index (χ1n) is 4.27. The van der Waals surface area contributed by atoms with Gasteiger partial charge >= 0.3 is 6.09 Å². The van der Waals surface area contributed by atoms with E-state index < -0.39 is 11.7 Å². The number of nitrogens with two attached hydrogens (primary N) is 1. The van der Waals surface area contributed by atoms with Gasteiger partial charge in [0.2, 0.25) is 0 Å². The molecule has 0 aromatic heterocycles. The summed E-state index contributed by atoms with van der Waals surface area (Å²) in [6.45, 7) is 5.36. The van der Waals surface area contributed by atoms with Crippen LogP contribution in [-0.4, -0.2) is 34.2 Å². The van der Waals surface area contributed by atoms with E-state index in [9.17, 15) is 4.79 Å². The van der Waals surface area contributed by atoms with Gasteiger partial charge in [-0.05, 0) is 32.5 Å². The fourth-order valence-corrected chi connectivity index (χ4v) is 0.829. The Morgan fingerprint density at radius 1 is 1.57 bits per heavy atom. The second-order valence-corrected chi connectivity index (χ2v) is 4.09. The minimum Gasteiger partial charge on any atom is -0.442 e. The zero-order valence-corrected chi connectivity index (χ0v) is 9.93. The second-order valence-electron chi connectivity index (χ2n) is 3.68. The van der Waals surface area contributed by atoms with Gasteiger partial charge < -0.3 is 10.5 Å². The summed E-state index contributed by atoms with van der Waals surface area (Å²) >= 11 is 2.49. The molecule has 0 fully saturated rings. The van der Waals surface area contributed by atoms with Gasteiger partial charge in [-0.3, -0.25) is 0 Å². The molecule has 0 saturated carbocycles. The molecule has 0 bridgehead atoms. The molecule has 0 spiro atoms. The SMILES string of the molecule is CC(C)(C)OC(=O)/N=C/C(=C\N)[CH2][Al]. The highest BCUT2D eigenvalue weighted by Crippen LogP contribution is 2.07. The van der Waals surface area contributed by atoms with Crippen molar-refractivity contribution < 1.29 is 9.53 Å². The van der Waals surface area contributed by atoms with Crippen LogP contribution in [0.2, 0.25) is 5.28 Å². The van der Waals surface area contributed by atoms with Crippen molar-refractivity contribution in [3.05, 3.63) is 11.8 Å². The molecular formula is C9H15AlN2O2. The predicted octanol–water partition coefficient (Wildman–Crippen LogP) is 1.42. The molecule has 0 rings (SSSR count). The van der Waals surface area contributed by atoms with E-state index in [2.05, 4.69) is 21.3 Å². The van der Waals surface area contributed by atoms with Gasteiger partial charge in [0, 0.05) is 6.21 Å². The predicted molar refractivity (Wildman–Crippen MR) is 57.6 cm³/mol. The van der Waals surface area contributed by atoms with Gasteiger partial charge in [0.15, 0.2) is 0 Å². The molecule has 0 aliphatic heterocycles. The van der Waals surface area contributed by atoms with E-state index in [0.717, 1.165) is 5.57 Å². The van der Waals surface area contributed by atoms with Crippen LogP contribution in [0.25, 0.3) is 0 Å². The Labute approximate surface area is 92.6 Å².